The minimum Gasteiger partial charge on any atom is -0.341 e. The number of aromatic nitrogens is 1. The smallest absolute Gasteiger partial charge is 0.158 e. The van der Waals surface area contributed by atoms with E-state index in [1.165, 1.54) is 49.1 Å². The van der Waals surface area contributed by atoms with Crippen molar-refractivity contribution >= 4 is 23.6 Å². The van der Waals surface area contributed by atoms with Crippen LogP contribution < -0.4 is 0 Å². The summed E-state index contributed by atoms with van der Waals surface area (Å²) in [6.07, 6.45) is 7.90. The molecule has 0 bridgehead atoms. The summed E-state index contributed by atoms with van der Waals surface area (Å²) in [6.45, 7) is 0. The number of fused-ring (bicyclic) bond motifs is 1. The van der Waals surface area contributed by atoms with Crippen molar-refractivity contribution in [1.29, 1.82) is 0 Å². The van der Waals surface area contributed by atoms with E-state index in [0.29, 0.717) is 0 Å². The van der Waals surface area contributed by atoms with Gasteiger partial charge in [-0.05, 0) is 37.9 Å². The SMILES string of the molecule is S=c1[nH]c2c(s1)CCCCCC2. The Labute approximate surface area is 81.8 Å². The number of nitrogens with one attached hydrogen (secondary N) is 1. The van der Waals surface area contributed by atoms with Crippen molar-refractivity contribution in [1.82, 2.24) is 4.98 Å². The average molecular weight is 199 g/mol. The number of thiazole rings is 1. The molecule has 0 saturated carbocycles. The molecule has 0 fully saturated rings. The largest absolute Gasteiger partial charge is 0.341 e. The number of aromatic amines is 1. The van der Waals surface area contributed by atoms with Crippen LogP contribution >= 0.6 is 23.6 Å². The van der Waals surface area contributed by atoms with E-state index in [1.807, 2.05) is 0 Å². The third-order valence-corrected chi connectivity index (χ3v) is 3.72. The van der Waals surface area contributed by atoms with Crippen molar-refractivity contribution in [3.63, 3.8) is 0 Å². The summed E-state index contributed by atoms with van der Waals surface area (Å²) < 4.78 is 0.960. The highest BCUT2D eigenvalue weighted by molar-refractivity contribution is 7.73. The summed E-state index contributed by atoms with van der Waals surface area (Å²) in [5.41, 5.74) is 1.42. The molecule has 2 rings (SSSR count). The van der Waals surface area contributed by atoms with Crippen LogP contribution in [0.15, 0.2) is 0 Å². The lowest BCUT2D eigenvalue weighted by atomic mass is 10.0. The summed E-state index contributed by atoms with van der Waals surface area (Å²) in [6, 6.07) is 0. The second-order valence-electron chi connectivity index (χ2n) is 3.33. The lowest BCUT2D eigenvalue weighted by Gasteiger charge is -2.07. The fraction of sp³-hybridized carbons (Fsp3) is 0.667. The van der Waals surface area contributed by atoms with E-state index in [9.17, 15) is 0 Å². The van der Waals surface area contributed by atoms with Crippen LogP contribution in [0.1, 0.15) is 36.3 Å². The summed E-state index contributed by atoms with van der Waals surface area (Å²) in [5, 5.41) is 0. The Morgan fingerprint density at radius 3 is 2.67 bits per heavy atom. The second-order valence-corrected chi connectivity index (χ2v) is 5.10. The maximum Gasteiger partial charge on any atom is 0.158 e. The Bertz CT molecular complexity index is 282. The minimum absolute atomic E-state index is 0.960. The van der Waals surface area contributed by atoms with Crippen molar-refractivity contribution in [2.75, 3.05) is 0 Å². The van der Waals surface area contributed by atoms with Gasteiger partial charge in [-0.3, -0.25) is 0 Å². The zero-order valence-electron chi connectivity index (χ0n) is 7.06. The van der Waals surface area contributed by atoms with Crippen LogP contribution in [-0.4, -0.2) is 4.98 Å². The maximum absolute atomic E-state index is 5.13. The van der Waals surface area contributed by atoms with Crippen LogP contribution in [0.4, 0.5) is 0 Å². The Morgan fingerprint density at radius 1 is 1.08 bits per heavy atom. The molecule has 1 aromatic heterocycles. The van der Waals surface area contributed by atoms with Gasteiger partial charge < -0.3 is 4.98 Å². The normalized spacial score (nSPS) is 18.0. The van der Waals surface area contributed by atoms with Gasteiger partial charge in [0.25, 0.3) is 0 Å². The molecular formula is C9H13NS2. The van der Waals surface area contributed by atoms with Gasteiger partial charge in [-0.15, -0.1) is 11.3 Å². The van der Waals surface area contributed by atoms with E-state index in [4.69, 9.17) is 12.2 Å². The number of hydrogen-bond acceptors (Lipinski definition) is 2. The number of H-pyrrole nitrogens is 1. The molecule has 1 aliphatic carbocycles. The summed E-state index contributed by atoms with van der Waals surface area (Å²) in [7, 11) is 0. The van der Waals surface area contributed by atoms with Crippen molar-refractivity contribution in [3.8, 4) is 0 Å². The molecule has 0 atom stereocenters. The highest BCUT2D eigenvalue weighted by Crippen LogP contribution is 2.23. The van der Waals surface area contributed by atoms with Gasteiger partial charge in [-0.2, -0.15) is 0 Å². The lowest BCUT2D eigenvalue weighted by Crippen LogP contribution is -1.96. The van der Waals surface area contributed by atoms with Gasteiger partial charge in [0.15, 0.2) is 3.95 Å². The summed E-state index contributed by atoms with van der Waals surface area (Å²) in [4.78, 5) is 4.81. The number of rotatable bonds is 0. The van der Waals surface area contributed by atoms with E-state index < -0.39 is 0 Å². The van der Waals surface area contributed by atoms with Crippen LogP contribution in [0.2, 0.25) is 0 Å². The summed E-state index contributed by atoms with van der Waals surface area (Å²) >= 11 is 6.90. The first-order valence-corrected chi connectivity index (χ1v) is 5.79. The van der Waals surface area contributed by atoms with Gasteiger partial charge in [-0.25, -0.2) is 0 Å². The van der Waals surface area contributed by atoms with Crippen molar-refractivity contribution in [2.45, 2.75) is 38.5 Å². The van der Waals surface area contributed by atoms with E-state index in [-0.39, 0.29) is 0 Å². The van der Waals surface area contributed by atoms with Crippen LogP contribution in [0.5, 0.6) is 0 Å². The zero-order valence-corrected chi connectivity index (χ0v) is 8.69. The quantitative estimate of drug-likeness (QED) is 0.633. The molecule has 0 unspecified atom stereocenters. The standard InChI is InChI=1S/C9H13NS2/c11-9-10-7-5-3-1-2-4-6-8(7)12-9/h1-6H2,(H,10,11). The zero-order chi connectivity index (χ0) is 8.39. The molecule has 3 heteroatoms. The van der Waals surface area contributed by atoms with Gasteiger partial charge in [-0.1, -0.05) is 12.8 Å². The van der Waals surface area contributed by atoms with Gasteiger partial charge >= 0.3 is 0 Å². The van der Waals surface area contributed by atoms with Crippen LogP contribution in [0.3, 0.4) is 0 Å². The predicted octanol–water partition coefficient (Wildman–Crippen LogP) is 3.46. The highest BCUT2D eigenvalue weighted by atomic mass is 32.1. The highest BCUT2D eigenvalue weighted by Gasteiger charge is 2.08. The third kappa shape index (κ3) is 1.77. The second kappa shape index (κ2) is 3.71. The van der Waals surface area contributed by atoms with Crippen molar-refractivity contribution < 1.29 is 0 Å². The molecule has 1 N–H and O–H groups in total. The van der Waals surface area contributed by atoms with Gasteiger partial charge in [0, 0.05) is 10.6 Å². The van der Waals surface area contributed by atoms with E-state index >= 15 is 0 Å². The molecule has 0 saturated heterocycles. The van der Waals surface area contributed by atoms with Crippen molar-refractivity contribution in [3.05, 3.63) is 14.5 Å². The van der Waals surface area contributed by atoms with E-state index in [2.05, 4.69) is 4.98 Å². The minimum atomic E-state index is 0.960. The first kappa shape index (κ1) is 8.45. The topological polar surface area (TPSA) is 15.8 Å². The maximum atomic E-state index is 5.13. The molecule has 1 aliphatic rings. The molecule has 1 heterocycles. The lowest BCUT2D eigenvalue weighted by molar-refractivity contribution is 0.615. The van der Waals surface area contributed by atoms with Gasteiger partial charge in [0.2, 0.25) is 0 Å². The molecule has 1 aromatic rings. The third-order valence-electron chi connectivity index (χ3n) is 2.39. The number of aryl methyl sites for hydroxylation is 2. The Morgan fingerprint density at radius 2 is 1.83 bits per heavy atom. The van der Waals surface area contributed by atoms with E-state index in [0.717, 1.165) is 3.95 Å². The number of hydrogen-bond donors (Lipinski definition) is 1. The molecule has 0 amide bonds. The predicted molar refractivity (Wildman–Crippen MR) is 55.4 cm³/mol. The first-order valence-electron chi connectivity index (χ1n) is 4.57. The molecule has 0 radical (unpaired) electrons. The molecule has 0 spiro atoms. The fourth-order valence-electron chi connectivity index (χ4n) is 1.74. The van der Waals surface area contributed by atoms with Crippen LogP contribution in [0, 0.1) is 3.95 Å². The Balaban J connectivity index is 2.29. The molecule has 1 nitrogen and oxygen atoms in total. The fourth-order valence-corrected chi connectivity index (χ4v) is 3.08. The van der Waals surface area contributed by atoms with Gasteiger partial charge in [0.05, 0.1) is 0 Å². The molecular weight excluding hydrogens is 186 g/mol. The summed E-state index contributed by atoms with van der Waals surface area (Å²) in [5.74, 6) is 0. The van der Waals surface area contributed by atoms with Crippen LogP contribution in [-0.2, 0) is 12.8 Å². The average Bonchev–Trinajstić information content (AvgIpc) is 2.32. The molecule has 0 aromatic carbocycles. The molecule has 66 valence electrons. The molecule has 12 heavy (non-hydrogen) atoms. The molecule has 0 aliphatic heterocycles. The Kier molecular flexibility index (Phi) is 2.61. The van der Waals surface area contributed by atoms with E-state index in [1.54, 1.807) is 11.3 Å². The Hall–Kier alpha value is -0.150. The monoisotopic (exact) mass is 199 g/mol. The first-order chi connectivity index (χ1) is 5.86. The van der Waals surface area contributed by atoms with Crippen LogP contribution in [0.25, 0.3) is 0 Å². The van der Waals surface area contributed by atoms with Gasteiger partial charge in [0.1, 0.15) is 0 Å². The van der Waals surface area contributed by atoms with Crippen molar-refractivity contribution in [2.24, 2.45) is 0 Å².